The highest BCUT2D eigenvalue weighted by Gasteiger charge is 2.39. The molecule has 0 bridgehead atoms. The van der Waals surface area contributed by atoms with E-state index in [0.717, 1.165) is 6.20 Å². The van der Waals surface area contributed by atoms with Gasteiger partial charge in [0.15, 0.2) is 11.3 Å². The van der Waals surface area contributed by atoms with Gasteiger partial charge < -0.3 is 14.7 Å². The Morgan fingerprint density at radius 1 is 1.10 bits per heavy atom. The topological polar surface area (TPSA) is 83.2 Å². The number of piperazine rings is 1. The van der Waals surface area contributed by atoms with Crippen molar-refractivity contribution in [2.45, 2.75) is 19.1 Å². The van der Waals surface area contributed by atoms with Crippen LogP contribution in [0.4, 0.5) is 17.6 Å². The van der Waals surface area contributed by atoms with Gasteiger partial charge in [0.1, 0.15) is 17.1 Å². The summed E-state index contributed by atoms with van der Waals surface area (Å²) < 4.78 is 62.2. The van der Waals surface area contributed by atoms with Crippen molar-refractivity contribution < 1.29 is 32.2 Å². The maximum Gasteiger partial charge on any atom is 0.433 e. The molecule has 2 aromatic heterocycles. The van der Waals surface area contributed by atoms with Crippen LogP contribution >= 0.6 is 0 Å². The molecule has 12 heteroatoms. The summed E-state index contributed by atoms with van der Waals surface area (Å²) in [6, 6.07) is 12.0. The SMILES string of the molecule is COc1ccc(-c2nc3c(C(=O)N4CCN([C@H](CO)c5cccc(F)c5)CC4)cnn3c(C(F)(F)F)c2C)cc1. The van der Waals surface area contributed by atoms with Gasteiger partial charge >= 0.3 is 6.18 Å². The number of aliphatic hydroxyl groups is 1. The van der Waals surface area contributed by atoms with E-state index in [-0.39, 0.29) is 42.2 Å². The van der Waals surface area contributed by atoms with Crippen molar-refractivity contribution in [1.82, 2.24) is 24.4 Å². The first-order valence-corrected chi connectivity index (χ1v) is 12.6. The quantitative estimate of drug-likeness (QED) is 0.355. The van der Waals surface area contributed by atoms with Gasteiger partial charge in [-0.05, 0) is 48.9 Å². The molecule has 0 unspecified atom stereocenters. The number of ether oxygens (including phenoxy) is 1. The number of rotatable bonds is 6. The molecule has 1 aliphatic heterocycles. The number of alkyl halides is 3. The van der Waals surface area contributed by atoms with Crippen LogP contribution in [0.25, 0.3) is 16.9 Å². The summed E-state index contributed by atoms with van der Waals surface area (Å²) in [6.07, 6.45) is -3.63. The van der Waals surface area contributed by atoms with Crippen molar-refractivity contribution in [1.29, 1.82) is 0 Å². The molecule has 3 heterocycles. The summed E-state index contributed by atoms with van der Waals surface area (Å²) in [7, 11) is 1.49. The Morgan fingerprint density at radius 3 is 2.40 bits per heavy atom. The van der Waals surface area contributed by atoms with Gasteiger partial charge in [-0.15, -0.1) is 0 Å². The van der Waals surface area contributed by atoms with Crippen LogP contribution in [0.3, 0.4) is 0 Å². The third kappa shape index (κ3) is 5.11. The maximum atomic E-state index is 14.2. The van der Waals surface area contributed by atoms with Crippen molar-refractivity contribution in [2.75, 3.05) is 39.9 Å². The lowest BCUT2D eigenvalue weighted by Crippen LogP contribution is -2.50. The number of fused-ring (bicyclic) bond motifs is 1. The molecule has 1 fully saturated rings. The van der Waals surface area contributed by atoms with Crippen LogP contribution in [0.5, 0.6) is 5.75 Å². The molecule has 1 aliphatic rings. The van der Waals surface area contributed by atoms with Crippen molar-refractivity contribution in [3.05, 3.63) is 82.9 Å². The number of carbonyl (C=O) groups is 1. The number of methoxy groups -OCH3 is 1. The Balaban J connectivity index is 1.45. The number of hydrogen-bond acceptors (Lipinski definition) is 6. The number of nitrogens with zero attached hydrogens (tertiary/aromatic N) is 5. The van der Waals surface area contributed by atoms with E-state index in [1.165, 1.54) is 31.1 Å². The maximum absolute atomic E-state index is 14.2. The van der Waals surface area contributed by atoms with Crippen LogP contribution in [0.1, 0.15) is 33.2 Å². The van der Waals surface area contributed by atoms with E-state index in [1.807, 2.05) is 4.90 Å². The van der Waals surface area contributed by atoms with Crippen molar-refractivity contribution in [2.24, 2.45) is 0 Å². The summed E-state index contributed by atoms with van der Waals surface area (Å²) in [5.41, 5.74) is -0.215. The Bertz CT molecular complexity index is 1530. The van der Waals surface area contributed by atoms with E-state index in [4.69, 9.17) is 4.74 Å². The van der Waals surface area contributed by atoms with Gasteiger partial charge in [0.25, 0.3) is 5.91 Å². The highest BCUT2D eigenvalue weighted by molar-refractivity contribution is 6.00. The molecule has 1 atom stereocenters. The number of hydrogen-bond donors (Lipinski definition) is 1. The number of aromatic nitrogens is 3. The van der Waals surface area contributed by atoms with Crippen LogP contribution in [0.2, 0.25) is 0 Å². The Morgan fingerprint density at radius 2 is 1.80 bits per heavy atom. The number of benzene rings is 2. The zero-order valence-electron chi connectivity index (χ0n) is 21.8. The van der Waals surface area contributed by atoms with E-state index in [2.05, 4.69) is 10.1 Å². The van der Waals surface area contributed by atoms with E-state index < -0.39 is 29.6 Å². The monoisotopic (exact) mass is 557 g/mol. The minimum absolute atomic E-state index is 0.0439. The van der Waals surface area contributed by atoms with Gasteiger partial charge in [-0.25, -0.2) is 13.9 Å². The molecule has 210 valence electrons. The van der Waals surface area contributed by atoms with Gasteiger partial charge in [0, 0.05) is 37.3 Å². The molecule has 1 amide bonds. The molecule has 0 aliphatic carbocycles. The number of carbonyl (C=O) groups excluding carboxylic acids is 1. The Hall–Kier alpha value is -4.03. The fourth-order valence-electron chi connectivity index (χ4n) is 5.14. The van der Waals surface area contributed by atoms with Crippen LogP contribution in [-0.2, 0) is 6.18 Å². The van der Waals surface area contributed by atoms with Gasteiger partial charge in [-0.1, -0.05) is 12.1 Å². The molecular weight excluding hydrogens is 530 g/mol. The summed E-state index contributed by atoms with van der Waals surface area (Å²) in [6.45, 7) is 2.36. The normalized spacial score (nSPS) is 15.4. The van der Waals surface area contributed by atoms with E-state index >= 15 is 0 Å². The average molecular weight is 558 g/mol. The van der Waals surface area contributed by atoms with Crippen molar-refractivity contribution in [3.8, 4) is 17.0 Å². The first kappa shape index (κ1) is 27.5. The zero-order chi connectivity index (χ0) is 28.6. The van der Waals surface area contributed by atoms with Crippen LogP contribution in [0.15, 0.2) is 54.7 Å². The molecular formula is C28H27F4N5O3. The molecule has 0 radical (unpaired) electrons. The summed E-state index contributed by atoms with van der Waals surface area (Å²) in [5, 5.41) is 13.9. The van der Waals surface area contributed by atoms with Crippen molar-refractivity contribution in [3.63, 3.8) is 0 Å². The lowest BCUT2D eigenvalue weighted by Gasteiger charge is -2.38. The van der Waals surface area contributed by atoms with Gasteiger partial charge in [-0.3, -0.25) is 9.69 Å². The summed E-state index contributed by atoms with van der Waals surface area (Å²) in [5.74, 6) is -0.363. The zero-order valence-corrected chi connectivity index (χ0v) is 21.8. The molecule has 0 spiro atoms. The molecule has 2 aromatic carbocycles. The fourth-order valence-corrected chi connectivity index (χ4v) is 5.14. The molecule has 1 N–H and O–H groups in total. The smallest absolute Gasteiger partial charge is 0.433 e. The lowest BCUT2D eigenvalue weighted by molar-refractivity contribution is -0.143. The van der Waals surface area contributed by atoms with Crippen molar-refractivity contribution >= 4 is 11.6 Å². The van der Waals surface area contributed by atoms with Gasteiger partial charge in [0.2, 0.25) is 0 Å². The minimum Gasteiger partial charge on any atom is -0.497 e. The van der Waals surface area contributed by atoms with Crippen LogP contribution in [0, 0.1) is 12.7 Å². The molecule has 8 nitrogen and oxygen atoms in total. The minimum atomic E-state index is -4.75. The predicted molar refractivity (Wildman–Crippen MR) is 138 cm³/mol. The Labute approximate surface area is 227 Å². The molecule has 1 saturated heterocycles. The lowest BCUT2D eigenvalue weighted by atomic mass is 10.0. The van der Waals surface area contributed by atoms with Crippen LogP contribution < -0.4 is 4.74 Å². The standard InChI is InChI=1S/C28H27F4N5O3/c1-17-24(18-6-8-21(40-2)9-7-18)34-26-22(15-33-37(26)25(17)28(30,31)32)27(39)36-12-10-35(11-13-36)23(16-38)19-4-3-5-20(29)14-19/h3-9,14-15,23,38H,10-13,16H2,1-2H3/t23-/m1/s1. The Kier molecular flexibility index (Phi) is 7.47. The second kappa shape index (κ2) is 10.9. The second-order valence-electron chi connectivity index (χ2n) is 9.54. The third-order valence-electron chi connectivity index (χ3n) is 7.19. The molecule has 40 heavy (non-hydrogen) atoms. The summed E-state index contributed by atoms with van der Waals surface area (Å²) in [4.78, 5) is 21.5. The number of amides is 1. The van der Waals surface area contributed by atoms with E-state index in [9.17, 15) is 27.5 Å². The largest absolute Gasteiger partial charge is 0.497 e. The molecule has 5 rings (SSSR count). The fraction of sp³-hybridized carbons (Fsp3) is 0.321. The number of aliphatic hydroxyl groups excluding tert-OH is 1. The highest BCUT2D eigenvalue weighted by atomic mass is 19.4. The van der Waals surface area contributed by atoms with E-state index in [0.29, 0.717) is 34.5 Å². The third-order valence-corrected chi connectivity index (χ3v) is 7.19. The average Bonchev–Trinajstić information content (AvgIpc) is 3.35. The number of halogens is 4. The van der Waals surface area contributed by atoms with Gasteiger partial charge in [0.05, 0.1) is 31.6 Å². The predicted octanol–water partition coefficient (Wildman–Crippen LogP) is 4.36. The van der Waals surface area contributed by atoms with Gasteiger partial charge in [-0.2, -0.15) is 18.3 Å². The molecule has 4 aromatic rings. The van der Waals surface area contributed by atoms with E-state index in [1.54, 1.807) is 36.4 Å². The highest BCUT2D eigenvalue weighted by Crippen LogP contribution is 2.37. The first-order chi connectivity index (χ1) is 19.1. The second-order valence-corrected chi connectivity index (χ2v) is 9.54. The first-order valence-electron chi connectivity index (χ1n) is 12.6. The van der Waals surface area contributed by atoms with Crippen LogP contribution in [-0.4, -0.2) is 75.3 Å². The summed E-state index contributed by atoms with van der Waals surface area (Å²) >= 11 is 0. The molecule has 0 saturated carbocycles.